The number of hydrogen-bond acceptors (Lipinski definition) is 29. The fourth-order valence-electron chi connectivity index (χ4n) is 18.8. The topological polar surface area (TPSA) is 487 Å². The summed E-state index contributed by atoms with van der Waals surface area (Å²) in [4.78, 5) is 197. The molecule has 0 radical (unpaired) electrons. The molecule has 790 valence electrons. The number of cyclic esters (lactones) is 4. The Morgan fingerprint density at radius 2 is 0.634 bits per heavy atom. The van der Waals surface area contributed by atoms with E-state index in [-0.39, 0.29) is 175 Å². The summed E-state index contributed by atoms with van der Waals surface area (Å²) in [6.07, 6.45) is 35.0. The SMILES string of the molecule is CO[C@H]1/C=C/CC/C=C/C(=O)O[C@H]([C@H](C)C(=O)CCCC2CC(=O)N(C)C(=O)C2)/C(C)=C\[C@@H](C)[C@@H]1O.CO[C@H]1/C=C/CC/C=C/C(=O)O[C@H]([C@H](C)C(=O)CCCC2CC(=O)NC(=O)C2)/C(C)=C\[C@@H](C)[C@@H]1O.CO[C@H]1/C=C/CC/C=C/C(=O)O[C@H]([C@H](C)C(=O)C[C@@H](O)CC2CC(=O)NC(=O)C2)/C(C)=C\[C@@H](C)[C@@H]1O.CO[C@H]1/C=C/CCCCC(=O)O[C@H]([C@H](C)C(=O)CCCC2CC(=O)NC(=O)C2)/C(C)=C\[C@@H](C)[C@@H]1O. The summed E-state index contributed by atoms with van der Waals surface area (Å²) in [5.74, 6) is -8.81. The van der Waals surface area contributed by atoms with Crippen molar-refractivity contribution in [3.63, 3.8) is 0 Å². The van der Waals surface area contributed by atoms with Gasteiger partial charge in [0.25, 0.3) is 0 Å². The zero-order valence-corrected chi connectivity index (χ0v) is 86.3. The molecule has 0 aromatic heterocycles. The van der Waals surface area contributed by atoms with Crippen LogP contribution in [0.3, 0.4) is 0 Å². The molecule has 8 heterocycles. The molecule has 8 rings (SSSR count). The van der Waals surface area contributed by atoms with Crippen LogP contribution in [-0.2, 0) is 115 Å². The summed E-state index contributed by atoms with van der Waals surface area (Å²) < 4.78 is 44.6. The highest BCUT2D eigenvalue weighted by molar-refractivity contribution is 6.00. The summed E-state index contributed by atoms with van der Waals surface area (Å²) in [5.41, 5.74) is 2.69. The van der Waals surface area contributed by atoms with E-state index in [4.69, 9.17) is 37.9 Å². The summed E-state index contributed by atoms with van der Waals surface area (Å²) in [5, 5.41) is 60.4. The number of carbonyl (C=O) groups is 16. The predicted molar refractivity (Wildman–Crippen MR) is 530 cm³/mol. The number of aliphatic hydroxyl groups excluding tert-OH is 5. The first-order chi connectivity index (χ1) is 67.3. The maximum absolute atomic E-state index is 13.1. The Morgan fingerprint density at radius 1 is 0.373 bits per heavy atom. The van der Waals surface area contributed by atoms with Crippen LogP contribution < -0.4 is 16.0 Å². The number of likely N-dealkylation sites (tertiary alicyclic amines) is 1. The number of nitrogens with one attached hydrogen (secondary N) is 3. The van der Waals surface area contributed by atoms with Crippen molar-refractivity contribution in [1.82, 2.24) is 20.9 Å². The van der Waals surface area contributed by atoms with Crippen molar-refractivity contribution in [2.45, 2.75) is 349 Å². The average Bonchev–Trinajstić information content (AvgIpc) is 0.837. The van der Waals surface area contributed by atoms with Crippen LogP contribution in [0.1, 0.15) is 269 Å². The highest BCUT2D eigenvalue weighted by atomic mass is 16.6. The number of hydrogen-bond donors (Lipinski definition) is 8. The average molecular weight is 1990 g/mol. The van der Waals surface area contributed by atoms with Crippen LogP contribution in [0.25, 0.3) is 0 Å². The number of piperidine rings is 4. The van der Waals surface area contributed by atoms with E-state index in [1.807, 2.05) is 95.4 Å². The fourth-order valence-corrected chi connectivity index (χ4v) is 18.8. The number of Topliss-reactive ketones (excluding diaryl/α,β-unsaturated/α-hetero) is 4. The van der Waals surface area contributed by atoms with Crippen molar-refractivity contribution in [2.24, 2.45) is 71.0 Å². The minimum atomic E-state index is -1.03. The number of carbonyl (C=O) groups excluding carboxylic acids is 16. The highest BCUT2D eigenvalue weighted by Gasteiger charge is 2.39. The third kappa shape index (κ3) is 43.1. The van der Waals surface area contributed by atoms with Crippen LogP contribution >= 0.6 is 0 Å². The third-order valence-corrected chi connectivity index (χ3v) is 27.4. The Hall–Kier alpha value is -10.1. The fraction of sp³-hybridized carbons (Fsp3) is 0.651. The van der Waals surface area contributed by atoms with Gasteiger partial charge in [0, 0.05) is 161 Å². The van der Waals surface area contributed by atoms with Crippen molar-refractivity contribution in [3.05, 3.63) is 132 Å². The molecule has 4 fully saturated rings. The number of imide groups is 4. The summed E-state index contributed by atoms with van der Waals surface area (Å²) in [6.45, 7) is 21.4. The maximum atomic E-state index is 13.1. The second-order valence-corrected chi connectivity index (χ2v) is 39.4. The van der Waals surface area contributed by atoms with E-state index in [9.17, 15) is 102 Å². The van der Waals surface area contributed by atoms with E-state index in [0.29, 0.717) is 139 Å². The Kier molecular flexibility index (Phi) is 55.1. The van der Waals surface area contributed by atoms with Crippen molar-refractivity contribution in [2.75, 3.05) is 35.5 Å². The number of aliphatic hydroxyl groups is 5. The number of amides is 8. The lowest BCUT2D eigenvalue weighted by Gasteiger charge is -2.28. The molecule has 0 saturated carbocycles. The molecule has 4 saturated heterocycles. The largest absolute Gasteiger partial charge is 0.457 e. The van der Waals surface area contributed by atoms with Crippen LogP contribution in [0.2, 0.25) is 0 Å². The van der Waals surface area contributed by atoms with Crippen LogP contribution in [0.15, 0.2) is 132 Å². The van der Waals surface area contributed by atoms with Gasteiger partial charge in [-0.05, 0) is 176 Å². The molecule has 8 aliphatic rings. The lowest BCUT2D eigenvalue weighted by molar-refractivity contribution is -0.152. The van der Waals surface area contributed by atoms with Gasteiger partial charge in [-0.15, -0.1) is 0 Å². The molecule has 33 heteroatoms. The number of nitrogens with zero attached hydrogens (tertiary/aromatic N) is 1. The first kappa shape index (κ1) is 122. The van der Waals surface area contributed by atoms with E-state index in [0.717, 1.165) is 23.3 Å². The lowest BCUT2D eigenvalue weighted by atomic mass is 9.85. The van der Waals surface area contributed by atoms with Crippen LogP contribution in [-0.4, -0.2) is 240 Å². The second kappa shape index (κ2) is 63.9. The van der Waals surface area contributed by atoms with Gasteiger partial charge >= 0.3 is 23.9 Å². The molecule has 0 unspecified atom stereocenters. The van der Waals surface area contributed by atoms with Gasteiger partial charge in [0.15, 0.2) is 0 Å². The summed E-state index contributed by atoms with van der Waals surface area (Å²) >= 11 is 0. The van der Waals surface area contributed by atoms with Gasteiger partial charge < -0.3 is 63.4 Å². The smallest absolute Gasteiger partial charge is 0.331 e. The van der Waals surface area contributed by atoms with Gasteiger partial charge in [0.2, 0.25) is 47.3 Å². The maximum Gasteiger partial charge on any atom is 0.331 e. The first-order valence-corrected chi connectivity index (χ1v) is 50.4. The Labute approximate surface area is 837 Å². The van der Waals surface area contributed by atoms with Crippen molar-refractivity contribution >= 4 is 94.3 Å². The summed E-state index contributed by atoms with van der Waals surface area (Å²) in [6, 6.07) is 0. The molecule has 0 spiro atoms. The van der Waals surface area contributed by atoms with E-state index in [1.165, 1.54) is 32.4 Å². The monoisotopic (exact) mass is 1990 g/mol. The van der Waals surface area contributed by atoms with Gasteiger partial charge in [0.05, 0.1) is 54.2 Å². The van der Waals surface area contributed by atoms with Crippen LogP contribution in [0.5, 0.6) is 0 Å². The first-order valence-electron chi connectivity index (χ1n) is 50.4. The van der Waals surface area contributed by atoms with Gasteiger partial charge in [-0.2, -0.15) is 0 Å². The molecule has 142 heavy (non-hydrogen) atoms. The second-order valence-electron chi connectivity index (χ2n) is 39.4. The molecule has 8 aliphatic heterocycles. The molecule has 0 bridgehead atoms. The summed E-state index contributed by atoms with van der Waals surface area (Å²) in [7, 11) is 7.68. The van der Waals surface area contributed by atoms with Crippen LogP contribution in [0, 0.1) is 71.0 Å². The highest BCUT2D eigenvalue weighted by Crippen LogP contribution is 2.34. The van der Waals surface area contributed by atoms with Gasteiger partial charge in [-0.1, -0.05) is 147 Å². The van der Waals surface area contributed by atoms with Crippen molar-refractivity contribution in [3.8, 4) is 0 Å². The van der Waals surface area contributed by atoms with Crippen molar-refractivity contribution < 1.29 is 140 Å². The number of esters is 4. The normalized spacial score (nSPS) is 31.3. The van der Waals surface area contributed by atoms with Gasteiger partial charge in [-0.3, -0.25) is 83.2 Å². The van der Waals surface area contributed by atoms with E-state index in [2.05, 4.69) is 16.0 Å². The predicted octanol–water partition coefficient (Wildman–Crippen LogP) is 12.3. The molecule has 8 N–H and O–H groups in total. The van der Waals surface area contributed by atoms with Crippen molar-refractivity contribution in [1.29, 1.82) is 0 Å². The molecule has 33 nitrogen and oxygen atoms in total. The number of ether oxygens (including phenoxy) is 8. The van der Waals surface area contributed by atoms with Gasteiger partial charge in [-0.25, -0.2) is 14.4 Å². The zero-order chi connectivity index (χ0) is 106. The number of ketones is 4. The van der Waals surface area contributed by atoms with Crippen LogP contribution in [0.4, 0.5) is 0 Å². The van der Waals surface area contributed by atoms with E-state index < -0.39 is 121 Å². The Balaban J connectivity index is 0.000000334. The number of allylic oxidation sites excluding steroid dienone is 7. The van der Waals surface area contributed by atoms with Gasteiger partial charge in [0.1, 0.15) is 72.0 Å². The molecule has 21 atom stereocenters. The quantitative estimate of drug-likeness (QED) is 0.0156. The zero-order valence-electron chi connectivity index (χ0n) is 86.3. The molecule has 0 aliphatic carbocycles. The molecule has 0 aromatic rings. The lowest BCUT2D eigenvalue weighted by Crippen LogP contribution is -2.40. The number of rotatable bonds is 28. The molecule has 8 amide bonds. The number of methoxy groups -OCH3 is 4. The molecular formula is C109H160N4O29. The van der Waals surface area contributed by atoms with E-state index >= 15 is 0 Å². The van der Waals surface area contributed by atoms with E-state index in [1.54, 1.807) is 100 Å². The minimum absolute atomic E-state index is 0.0332. The third-order valence-electron chi connectivity index (χ3n) is 27.4. The standard InChI is InChI=1S/C28H41NO7.C27H39NO8.C27H41NO7.C27H39NO7/c1-18-15-19(2)28(36-26(33)14-9-7-6-8-13-23(35-5)27(18)34)20(3)22(30)12-10-11-21-16-24(31)29(4)25(32)17-21;1-16-11-17(2)27(36-25(33)10-8-6-5-7-9-22(35-4)26(16)34)18(3)21(30)15-20(29)12-19-13-23(31)28-24(32)14-19;2*1-17-14-18(2)27(35-25(32)13-8-6-5-7-12-22(34-4)26(17)33)19(3)21(29)11-9-10-20-15-23(30)28-24(31)16-20/h8-9,13-15,18,20-21,23,27-28,34H,6-7,10-12,16-17H2,1-5H3;7-11,16,18-20,22,26-27,29,34H,5-6,12-15H2,1-4H3,(H,28,31,32);7,12,14,17,19-20,22,26-27,33H,5-6,8-11,13,15-16H2,1-4H3,(H,28,30,31);7-8,12-14,17,19-20,22,26-27,33H,5-6,9-11,15-16H2,1-4H3,(H,28,30,31)/b13-8+,14-9+,19-15-;9-7+,10-8+,17-11-;12-7+,18-14-;12-7+,13-8+,18-14-/t18-,20-,23+,27+,28+;16-,18-,20+,22+,26+,27+;2*17-,19-,22+,26+,27+/m1111/s1. The molecular weight excluding hydrogens is 1830 g/mol. The Morgan fingerprint density at radius 3 is 0.930 bits per heavy atom. The molecule has 0 aromatic carbocycles. The Bertz CT molecular complexity index is 4520. The minimum Gasteiger partial charge on any atom is -0.457 e.